The van der Waals surface area contributed by atoms with Crippen molar-refractivity contribution in [2.45, 2.75) is 0 Å². The minimum absolute atomic E-state index is 0.0235. The molecular formula is C17H19N7O. The van der Waals surface area contributed by atoms with E-state index in [4.69, 9.17) is 11.5 Å². The first kappa shape index (κ1) is 16.3. The molecule has 128 valence electrons. The number of nitrogens with two attached hydrogens (primary N) is 2. The van der Waals surface area contributed by atoms with Gasteiger partial charge < -0.3 is 27.4 Å². The molecule has 0 saturated heterocycles. The van der Waals surface area contributed by atoms with Crippen molar-refractivity contribution in [3.8, 4) is 0 Å². The zero-order chi connectivity index (χ0) is 17.6. The number of hydrogen-bond donors (Lipinski definition) is 5. The summed E-state index contributed by atoms with van der Waals surface area (Å²) in [5.74, 6) is 0.529. The average Bonchev–Trinajstić information content (AvgIpc) is 3.10. The third-order valence-corrected chi connectivity index (χ3v) is 3.47. The molecule has 8 heteroatoms. The second-order valence-corrected chi connectivity index (χ2v) is 5.40. The standard InChI is InChI=1S/C17H19N7O/c18-16(19)23-13-3-1-11(2-4-13)15(25)22-12-5-7-14(8-6-12)24-17-20-9-10-21-17/h1-8H,9-10H2,(H,22,25)(H4,18,19,23)(H2,20,21,24). The van der Waals surface area contributed by atoms with Crippen LogP contribution in [0, 0.1) is 0 Å². The molecule has 7 N–H and O–H groups in total. The number of amides is 1. The number of hydrogen-bond acceptors (Lipinski definition) is 5. The van der Waals surface area contributed by atoms with Gasteiger partial charge in [-0.1, -0.05) is 0 Å². The van der Waals surface area contributed by atoms with Gasteiger partial charge in [-0.25, -0.2) is 4.99 Å². The Morgan fingerprint density at radius 1 is 1.04 bits per heavy atom. The fraction of sp³-hybridized carbons (Fsp3) is 0.118. The van der Waals surface area contributed by atoms with Gasteiger partial charge in [0.15, 0.2) is 11.9 Å². The fourth-order valence-electron chi connectivity index (χ4n) is 2.29. The zero-order valence-electron chi connectivity index (χ0n) is 13.5. The lowest BCUT2D eigenvalue weighted by atomic mass is 10.2. The van der Waals surface area contributed by atoms with Crippen molar-refractivity contribution in [2.24, 2.45) is 21.5 Å². The Kier molecular flexibility index (Phi) is 4.79. The summed E-state index contributed by atoms with van der Waals surface area (Å²) >= 11 is 0. The van der Waals surface area contributed by atoms with E-state index < -0.39 is 0 Å². The highest BCUT2D eigenvalue weighted by Crippen LogP contribution is 2.17. The van der Waals surface area contributed by atoms with E-state index in [1.807, 2.05) is 24.3 Å². The number of anilines is 2. The van der Waals surface area contributed by atoms with Gasteiger partial charge in [-0.05, 0) is 48.5 Å². The third kappa shape index (κ3) is 4.47. The van der Waals surface area contributed by atoms with Gasteiger partial charge in [-0.15, -0.1) is 0 Å². The summed E-state index contributed by atoms with van der Waals surface area (Å²) in [4.78, 5) is 20.5. The second-order valence-electron chi connectivity index (χ2n) is 5.40. The molecule has 0 atom stereocenters. The largest absolute Gasteiger partial charge is 0.370 e. The SMILES string of the molecule is NC(N)=Nc1ccc(C(=O)Nc2ccc(NC3=NCCN3)cc2)cc1. The van der Waals surface area contributed by atoms with E-state index in [9.17, 15) is 4.79 Å². The summed E-state index contributed by atoms with van der Waals surface area (Å²) in [5.41, 5.74) is 13.3. The van der Waals surface area contributed by atoms with Crippen LogP contribution < -0.4 is 27.4 Å². The van der Waals surface area contributed by atoms with E-state index in [2.05, 4.69) is 25.9 Å². The van der Waals surface area contributed by atoms with Crippen LogP contribution in [-0.4, -0.2) is 30.9 Å². The first-order valence-electron chi connectivity index (χ1n) is 7.76. The molecule has 1 aliphatic heterocycles. The van der Waals surface area contributed by atoms with Crippen molar-refractivity contribution in [1.29, 1.82) is 0 Å². The highest BCUT2D eigenvalue weighted by Gasteiger charge is 2.07. The van der Waals surface area contributed by atoms with Crippen molar-refractivity contribution < 1.29 is 4.79 Å². The lowest BCUT2D eigenvalue weighted by Crippen LogP contribution is -2.26. The van der Waals surface area contributed by atoms with E-state index in [1.54, 1.807) is 24.3 Å². The van der Waals surface area contributed by atoms with Crippen LogP contribution in [0.5, 0.6) is 0 Å². The minimum Gasteiger partial charge on any atom is -0.370 e. The monoisotopic (exact) mass is 337 g/mol. The molecule has 8 nitrogen and oxygen atoms in total. The number of aliphatic imine (C=N–C) groups is 2. The maximum Gasteiger partial charge on any atom is 0.255 e. The Hall–Kier alpha value is -3.55. The molecule has 0 radical (unpaired) electrons. The number of nitrogens with zero attached hydrogens (tertiary/aromatic N) is 2. The Labute approximate surface area is 145 Å². The summed E-state index contributed by atoms with van der Waals surface area (Å²) in [5, 5.41) is 9.14. The zero-order valence-corrected chi connectivity index (χ0v) is 13.5. The summed E-state index contributed by atoms with van der Waals surface area (Å²) < 4.78 is 0. The van der Waals surface area contributed by atoms with Gasteiger partial charge >= 0.3 is 0 Å². The van der Waals surface area contributed by atoms with Crippen LogP contribution >= 0.6 is 0 Å². The Bertz CT molecular complexity index is 806. The summed E-state index contributed by atoms with van der Waals surface area (Å²) in [6, 6.07) is 14.1. The number of carbonyl (C=O) groups excluding carboxylic acids is 1. The van der Waals surface area contributed by atoms with Gasteiger partial charge in [-0.2, -0.15) is 0 Å². The van der Waals surface area contributed by atoms with Crippen LogP contribution in [0.3, 0.4) is 0 Å². The number of guanidine groups is 2. The molecule has 25 heavy (non-hydrogen) atoms. The molecule has 0 aromatic heterocycles. The lowest BCUT2D eigenvalue weighted by molar-refractivity contribution is 0.102. The van der Waals surface area contributed by atoms with Crippen LogP contribution in [0.4, 0.5) is 17.1 Å². The molecule has 0 fully saturated rings. The quantitative estimate of drug-likeness (QED) is 0.423. The van der Waals surface area contributed by atoms with E-state index in [0.29, 0.717) is 16.9 Å². The van der Waals surface area contributed by atoms with Crippen LogP contribution in [-0.2, 0) is 0 Å². The Morgan fingerprint density at radius 2 is 1.72 bits per heavy atom. The van der Waals surface area contributed by atoms with Crippen molar-refractivity contribution in [3.63, 3.8) is 0 Å². The van der Waals surface area contributed by atoms with E-state index in [0.717, 1.165) is 24.7 Å². The molecule has 0 spiro atoms. The van der Waals surface area contributed by atoms with Gasteiger partial charge in [0.1, 0.15) is 0 Å². The van der Waals surface area contributed by atoms with Crippen LogP contribution in [0.2, 0.25) is 0 Å². The fourth-order valence-corrected chi connectivity index (χ4v) is 2.29. The van der Waals surface area contributed by atoms with Gasteiger partial charge in [0, 0.05) is 23.5 Å². The van der Waals surface area contributed by atoms with Crippen LogP contribution in [0.15, 0.2) is 58.5 Å². The van der Waals surface area contributed by atoms with Crippen molar-refractivity contribution in [1.82, 2.24) is 5.32 Å². The second kappa shape index (κ2) is 7.35. The van der Waals surface area contributed by atoms with Crippen molar-refractivity contribution in [2.75, 3.05) is 23.7 Å². The first-order valence-corrected chi connectivity index (χ1v) is 7.76. The average molecular weight is 337 g/mol. The minimum atomic E-state index is -0.209. The smallest absolute Gasteiger partial charge is 0.255 e. The molecule has 0 unspecified atom stereocenters. The van der Waals surface area contributed by atoms with Gasteiger partial charge in [0.2, 0.25) is 0 Å². The molecular weight excluding hydrogens is 318 g/mol. The Morgan fingerprint density at radius 3 is 2.32 bits per heavy atom. The number of carbonyl (C=O) groups is 1. The summed E-state index contributed by atoms with van der Waals surface area (Å²) in [6.07, 6.45) is 0. The molecule has 2 aromatic carbocycles. The molecule has 0 saturated carbocycles. The maximum absolute atomic E-state index is 12.3. The third-order valence-electron chi connectivity index (χ3n) is 3.47. The Balaban J connectivity index is 1.61. The topological polar surface area (TPSA) is 130 Å². The predicted octanol–water partition coefficient (Wildman–Crippen LogP) is 1.21. The van der Waals surface area contributed by atoms with E-state index in [1.165, 1.54) is 0 Å². The molecule has 3 rings (SSSR count). The number of benzene rings is 2. The summed E-state index contributed by atoms with van der Waals surface area (Å²) in [7, 11) is 0. The number of nitrogens with one attached hydrogen (secondary N) is 3. The van der Waals surface area contributed by atoms with Crippen molar-refractivity contribution >= 4 is 34.9 Å². The molecule has 2 aromatic rings. The van der Waals surface area contributed by atoms with E-state index >= 15 is 0 Å². The number of rotatable bonds is 4. The predicted molar refractivity (Wildman–Crippen MR) is 100 cm³/mol. The van der Waals surface area contributed by atoms with E-state index in [-0.39, 0.29) is 11.9 Å². The van der Waals surface area contributed by atoms with Crippen molar-refractivity contribution in [3.05, 3.63) is 54.1 Å². The normalized spacial score (nSPS) is 12.7. The highest BCUT2D eigenvalue weighted by molar-refractivity contribution is 6.04. The lowest BCUT2D eigenvalue weighted by Gasteiger charge is -2.09. The summed E-state index contributed by atoms with van der Waals surface area (Å²) in [6.45, 7) is 1.62. The molecule has 1 amide bonds. The molecule has 1 aliphatic rings. The van der Waals surface area contributed by atoms with Crippen LogP contribution in [0.25, 0.3) is 0 Å². The van der Waals surface area contributed by atoms with Gasteiger partial charge in [0.25, 0.3) is 5.91 Å². The van der Waals surface area contributed by atoms with Crippen LogP contribution in [0.1, 0.15) is 10.4 Å². The molecule has 0 aliphatic carbocycles. The first-order chi connectivity index (χ1) is 12.1. The van der Waals surface area contributed by atoms with Gasteiger partial charge in [-0.3, -0.25) is 9.79 Å². The maximum atomic E-state index is 12.3. The molecule has 1 heterocycles. The van der Waals surface area contributed by atoms with Gasteiger partial charge in [0.05, 0.1) is 12.2 Å². The molecule has 0 bridgehead atoms. The highest BCUT2D eigenvalue weighted by atomic mass is 16.1.